The number of nitrogens with zero attached hydrogens (tertiary/aromatic N) is 3. The smallest absolute Gasteiger partial charge is 0.226 e. The van der Waals surface area contributed by atoms with Crippen molar-refractivity contribution in [3.8, 4) is 0 Å². The van der Waals surface area contributed by atoms with Crippen LogP contribution in [0.4, 0.5) is 4.39 Å². The third-order valence-electron chi connectivity index (χ3n) is 5.05. The number of aryl methyl sites for hydroxylation is 1. The summed E-state index contributed by atoms with van der Waals surface area (Å²) in [5, 5.41) is 3.99. The number of hydrogen-bond donors (Lipinski definition) is 0. The molecule has 0 N–H and O–H groups in total. The molecule has 1 aliphatic heterocycles. The Hall–Kier alpha value is -2.24. The van der Waals surface area contributed by atoms with Gasteiger partial charge >= 0.3 is 0 Å². The standard InChI is InChI=1S/C18H20FN3O2/c1-11-20-17(21-24-11)12-5-4-8-22(10-12)18(23)15-9-14(15)13-6-2-3-7-16(13)19/h2-3,6-7,12,14-15H,4-5,8-10H2,1H3/t12-,14-,15-/m1/s1. The van der Waals surface area contributed by atoms with Crippen LogP contribution in [0.25, 0.3) is 0 Å². The summed E-state index contributed by atoms with van der Waals surface area (Å²) in [6.45, 7) is 3.15. The Morgan fingerprint density at radius 2 is 2.21 bits per heavy atom. The molecular formula is C18H20FN3O2. The predicted octanol–water partition coefficient (Wildman–Crippen LogP) is 3.03. The summed E-state index contributed by atoms with van der Waals surface area (Å²) in [7, 11) is 0. The molecule has 1 aliphatic carbocycles. The van der Waals surface area contributed by atoms with Gasteiger partial charge in [-0.1, -0.05) is 23.4 Å². The molecule has 24 heavy (non-hydrogen) atoms. The molecule has 5 nitrogen and oxygen atoms in total. The second kappa shape index (κ2) is 6.00. The number of benzene rings is 1. The van der Waals surface area contributed by atoms with Gasteiger partial charge in [0.2, 0.25) is 11.8 Å². The fraction of sp³-hybridized carbons (Fsp3) is 0.500. The van der Waals surface area contributed by atoms with Crippen molar-refractivity contribution in [2.75, 3.05) is 13.1 Å². The van der Waals surface area contributed by atoms with Gasteiger partial charge in [0.25, 0.3) is 0 Å². The molecule has 2 heterocycles. The lowest BCUT2D eigenvalue weighted by Crippen LogP contribution is -2.40. The van der Waals surface area contributed by atoms with Crippen molar-refractivity contribution >= 4 is 5.91 Å². The molecule has 2 aliphatic rings. The second-order valence-corrected chi connectivity index (χ2v) is 6.77. The van der Waals surface area contributed by atoms with Crippen LogP contribution in [-0.4, -0.2) is 34.0 Å². The van der Waals surface area contributed by atoms with Crippen molar-refractivity contribution in [3.63, 3.8) is 0 Å². The summed E-state index contributed by atoms with van der Waals surface area (Å²) in [6, 6.07) is 6.76. The average molecular weight is 329 g/mol. The summed E-state index contributed by atoms with van der Waals surface area (Å²) in [6.07, 6.45) is 2.63. The van der Waals surface area contributed by atoms with E-state index >= 15 is 0 Å². The first kappa shape index (κ1) is 15.3. The first-order valence-corrected chi connectivity index (χ1v) is 8.47. The zero-order valence-corrected chi connectivity index (χ0v) is 13.6. The Bertz CT molecular complexity index is 760. The third kappa shape index (κ3) is 2.81. The maximum Gasteiger partial charge on any atom is 0.226 e. The van der Waals surface area contributed by atoms with E-state index in [-0.39, 0.29) is 29.5 Å². The number of likely N-dealkylation sites (tertiary alicyclic amines) is 1. The maximum absolute atomic E-state index is 13.9. The van der Waals surface area contributed by atoms with Gasteiger partial charge in [-0.05, 0) is 36.8 Å². The fourth-order valence-electron chi connectivity index (χ4n) is 3.69. The van der Waals surface area contributed by atoms with Crippen LogP contribution in [0, 0.1) is 18.7 Å². The molecule has 1 amide bonds. The molecule has 2 aromatic rings. The van der Waals surface area contributed by atoms with Crippen LogP contribution < -0.4 is 0 Å². The number of hydrogen-bond acceptors (Lipinski definition) is 4. The average Bonchev–Trinajstić information content (AvgIpc) is 3.27. The van der Waals surface area contributed by atoms with Gasteiger partial charge in [-0.25, -0.2) is 4.39 Å². The first-order chi connectivity index (χ1) is 11.6. The molecule has 0 radical (unpaired) electrons. The minimum absolute atomic E-state index is 0.0199. The molecule has 1 aromatic heterocycles. The van der Waals surface area contributed by atoms with Crippen molar-refractivity contribution in [1.29, 1.82) is 0 Å². The van der Waals surface area contributed by atoms with Gasteiger partial charge in [0.15, 0.2) is 5.82 Å². The highest BCUT2D eigenvalue weighted by molar-refractivity contribution is 5.83. The monoisotopic (exact) mass is 329 g/mol. The lowest BCUT2D eigenvalue weighted by molar-refractivity contribution is -0.133. The summed E-state index contributed by atoms with van der Waals surface area (Å²) >= 11 is 0. The molecule has 0 bridgehead atoms. The summed E-state index contributed by atoms with van der Waals surface area (Å²) in [4.78, 5) is 19.0. The van der Waals surface area contributed by atoms with Crippen molar-refractivity contribution in [2.45, 2.75) is 38.0 Å². The number of carbonyl (C=O) groups excluding carboxylic acids is 1. The van der Waals surface area contributed by atoms with Crippen LogP contribution in [0.5, 0.6) is 0 Å². The van der Waals surface area contributed by atoms with Crippen LogP contribution in [0.3, 0.4) is 0 Å². The highest BCUT2D eigenvalue weighted by Crippen LogP contribution is 2.49. The van der Waals surface area contributed by atoms with Crippen LogP contribution >= 0.6 is 0 Å². The Labute approximate surface area is 139 Å². The van der Waals surface area contributed by atoms with Crippen molar-refractivity contribution in [2.24, 2.45) is 5.92 Å². The lowest BCUT2D eigenvalue weighted by atomic mass is 9.96. The minimum Gasteiger partial charge on any atom is -0.342 e. The number of carbonyl (C=O) groups is 1. The largest absolute Gasteiger partial charge is 0.342 e. The normalized spacial score (nSPS) is 26.4. The zero-order chi connectivity index (χ0) is 16.7. The number of amides is 1. The summed E-state index contributed by atoms with van der Waals surface area (Å²) < 4.78 is 18.9. The van der Waals surface area contributed by atoms with Crippen LogP contribution in [0.1, 0.15) is 48.4 Å². The molecule has 2 fully saturated rings. The van der Waals surface area contributed by atoms with Gasteiger partial charge in [-0.2, -0.15) is 4.98 Å². The van der Waals surface area contributed by atoms with Crippen molar-refractivity contribution in [1.82, 2.24) is 15.0 Å². The molecule has 1 aromatic carbocycles. The van der Waals surface area contributed by atoms with Crippen molar-refractivity contribution in [3.05, 3.63) is 47.4 Å². The second-order valence-electron chi connectivity index (χ2n) is 6.77. The van der Waals surface area contributed by atoms with E-state index in [0.29, 0.717) is 23.8 Å². The first-order valence-electron chi connectivity index (χ1n) is 8.47. The maximum atomic E-state index is 13.9. The van der Waals surface area contributed by atoms with Crippen molar-refractivity contribution < 1.29 is 13.7 Å². The Kier molecular flexibility index (Phi) is 3.82. The summed E-state index contributed by atoms with van der Waals surface area (Å²) in [5.74, 6) is 1.22. The zero-order valence-electron chi connectivity index (χ0n) is 13.6. The van der Waals surface area contributed by atoms with Gasteiger partial charge in [-0.3, -0.25) is 4.79 Å². The third-order valence-corrected chi connectivity index (χ3v) is 5.05. The van der Waals surface area contributed by atoms with Gasteiger partial charge < -0.3 is 9.42 Å². The van der Waals surface area contributed by atoms with Gasteiger partial charge in [0, 0.05) is 31.8 Å². The van der Waals surface area contributed by atoms with Crippen LogP contribution in [-0.2, 0) is 4.79 Å². The van der Waals surface area contributed by atoms with Crippen LogP contribution in [0.2, 0.25) is 0 Å². The van der Waals surface area contributed by atoms with E-state index in [9.17, 15) is 9.18 Å². The molecule has 0 spiro atoms. The van der Waals surface area contributed by atoms with E-state index < -0.39 is 0 Å². The van der Waals surface area contributed by atoms with E-state index in [4.69, 9.17) is 4.52 Å². The molecular weight excluding hydrogens is 309 g/mol. The van der Waals surface area contributed by atoms with E-state index in [1.54, 1.807) is 19.1 Å². The molecule has 1 saturated carbocycles. The number of aromatic nitrogens is 2. The SMILES string of the molecule is Cc1nc([C@@H]2CCCN(C(=O)[C@@H]3C[C@@H]3c3ccccc3F)C2)no1. The number of piperidine rings is 1. The number of halogens is 1. The number of rotatable bonds is 3. The van der Waals surface area contributed by atoms with E-state index in [1.165, 1.54) is 6.07 Å². The Morgan fingerprint density at radius 3 is 2.96 bits per heavy atom. The highest BCUT2D eigenvalue weighted by Gasteiger charge is 2.47. The molecule has 3 atom stereocenters. The molecule has 126 valence electrons. The summed E-state index contributed by atoms with van der Waals surface area (Å²) in [5.41, 5.74) is 0.665. The highest BCUT2D eigenvalue weighted by atomic mass is 19.1. The lowest BCUT2D eigenvalue weighted by Gasteiger charge is -2.31. The Balaban J connectivity index is 1.43. The minimum atomic E-state index is -0.211. The van der Waals surface area contributed by atoms with Crippen LogP contribution in [0.15, 0.2) is 28.8 Å². The van der Waals surface area contributed by atoms with E-state index in [1.807, 2.05) is 11.0 Å². The van der Waals surface area contributed by atoms with E-state index in [0.717, 1.165) is 25.8 Å². The van der Waals surface area contributed by atoms with E-state index in [2.05, 4.69) is 10.1 Å². The fourth-order valence-corrected chi connectivity index (χ4v) is 3.69. The quantitative estimate of drug-likeness (QED) is 0.868. The molecule has 1 saturated heterocycles. The van der Waals surface area contributed by atoms with Gasteiger partial charge in [0.05, 0.1) is 0 Å². The molecule has 0 unspecified atom stereocenters. The topological polar surface area (TPSA) is 59.2 Å². The Morgan fingerprint density at radius 1 is 1.38 bits per heavy atom. The van der Waals surface area contributed by atoms with Gasteiger partial charge in [0.1, 0.15) is 5.82 Å². The molecule has 6 heteroatoms. The predicted molar refractivity (Wildman–Crippen MR) is 84.8 cm³/mol. The molecule has 4 rings (SSSR count). The van der Waals surface area contributed by atoms with Gasteiger partial charge in [-0.15, -0.1) is 0 Å².